The lowest BCUT2D eigenvalue weighted by Crippen LogP contribution is -2.49. The Morgan fingerprint density at radius 3 is 2.39 bits per heavy atom. The SMILES string of the molecule is CC1(C)OCC(O)(c2ncc(S(C)(=O)=O)s2)CO1. The molecule has 1 aliphatic heterocycles. The molecule has 2 rings (SSSR count). The van der Waals surface area contributed by atoms with Gasteiger partial charge in [-0.3, -0.25) is 0 Å². The second-order valence-electron chi connectivity index (χ2n) is 4.77. The number of sulfone groups is 1. The van der Waals surface area contributed by atoms with E-state index in [-0.39, 0.29) is 17.4 Å². The summed E-state index contributed by atoms with van der Waals surface area (Å²) < 4.78 is 33.6. The first kappa shape index (κ1) is 13.9. The quantitative estimate of drug-likeness (QED) is 0.855. The van der Waals surface area contributed by atoms with Crippen molar-refractivity contribution in [1.29, 1.82) is 0 Å². The predicted molar refractivity (Wildman–Crippen MR) is 65.1 cm³/mol. The number of hydrogen-bond acceptors (Lipinski definition) is 7. The standard InChI is InChI=1S/C10H15NO5S2/c1-9(2)15-5-10(12,6-16-9)8-11-4-7(17-8)18(3,13)14/h4,12H,5-6H2,1-3H3. The van der Waals surface area contributed by atoms with Gasteiger partial charge in [-0.05, 0) is 13.8 Å². The highest BCUT2D eigenvalue weighted by molar-refractivity contribution is 7.92. The highest BCUT2D eigenvalue weighted by atomic mass is 32.2. The lowest BCUT2D eigenvalue weighted by Gasteiger charge is -2.39. The zero-order valence-electron chi connectivity index (χ0n) is 10.3. The molecule has 0 spiro atoms. The van der Waals surface area contributed by atoms with Crippen molar-refractivity contribution in [3.8, 4) is 0 Å². The van der Waals surface area contributed by atoms with Gasteiger partial charge in [0.15, 0.2) is 21.2 Å². The van der Waals surface area contributed by atoms with Crippen molar-refractivity contribution >= 4 is 21.2 Å². The predicted octanol–water partition coefficient (Wildman–Crippen LogP) is 0.517. The number of aromatic nitrogens is 1. The zero-order valence-corrected chi connectivity index (χ0v) is 12.0. The number of ether oxygens (including phenoxy) is 2. The molecule has 6 nitrogen and oxygen atoms in total. The Bertz CT molecular complexity index is 538. The molecule has 18 heavy (non-hydrogen) atoms. The van der Waals surface area contributed by atoms with E-state index < -0.39 is 21.2 Å². The zero-order chi connectivity index (χ0) is 13.6. The Balaban J connectivity index is 2.25. The van der Waals surface area contributed by atoms with Crippen molar-refractivity contribution in [1.82, 2.24) is 4.98 Å². The molecule has 0 radical (unpaired) electrons. The summed E-state index contributed by atoms with van der Waals surface area (Å²) in [6, 6.07) is 0. The minimum atomic E-state index is -3.31. The average molecular weight is 293 g/mol. The van der Waals surface area contributed by atoms with Crippen molar-refractivity contribution in [2.45, 2.75) is 29.4 Å². The molecule has 2 heterocycles. The molecular formula is C10H15NO5S2. The number of thiazole rings is 1. The maximum absolute atomic E-state index is 11.4. The van der Waals surface area contributed by atoms with Crippen LogP contribution in [0.15, 0.2) is 10.4 Å². The van der Waals surface area contributed by atoms with Gasteiger partial charge in [0.1, 0.15) is 9.22 Å². The number of rotatable bonds is 2. The van der Waals surface area contributed by atoms with Crippen LogP contribution in [0.25, 0.3) is 0 Å². The van der Waals surface area contributed by atoms with Gasteiger partial charge in [-0.2, -0.15) is 0 Å². The van der Waals surface area contributed by atoms with Gasteiger partial charge in [-0.15, -0.1) is 11.3 Å². The van der Waals surface area contributed by atoms with Gasteiger partial charge >= 0.3 is 0 Å². The largest absolute Gasteiger partial charge is 0.378 e. The normalized spacial score (nSPS) is 22.9. The minimum Gasteiger partial charge on any atom is -0.378 e. The van der Waals surface area contributed by atoms with Crippen LogP contribution in [0.2, 0.25) is 0 Å². The third-order valence-electron chi connectivity index (χ3n) is 2.57. The van der Waals surface area contributed by atoms with E-state index in [0.717, 1.165) is 17.6 Å². The third kappa shape index (κ3) is 2.72. The molecule has 0 aromatic carbocycles. The number of aliphatic hydroxyl groups is 1. The molecule has 0 atom stereocenters. The monoisotopic (exact) mass is 293 g/mol. The summed E-state index contributed by atoms with van der Waals surface area (Å²) in [6.45, 7) is 3.54. The maximum atomic E-state index is 11.4. The van der Waals surface area contributed by atoms with Crippen LogP contribution in [0.3, 0.4) is 0 Å². The average Bonchev–Trinajstić information content (AvgIpc) is 2.72. The number of nitrogens with zero attached hydrogens (tertiary/aromatic N) is 1. The van der Waals surface area contributed by atoms with E-state index >= 15 is 0 Å². The van der Waals surface area contributed by atoms with Crippen LogP contribution in [-0.2, 0) is 24.9 Å². The molecule has 1 saturated heterocycles. The lowest BCUT2D eigenvalue weighted by atomic mass is 10.1. The minimum absolute atomic E-state index is 0.0245. The Labute approximate surface area is 109 Å². The Morgan fingerprint density at radius 1 is 1.39 bits per heavy atom. The summed E-state index contributed by atoms with van der Waals surface area (Å²) in [4.78, 5) is 3.96. The first-order chi connectivity index (χ1) is 8.12. The highest BCUT2D eigenvalue weighted by Crippen LogP contribution is 2.34. The van der Waals surface area contributed by atoms with Gasteiger partial charge in [0, 0.05) is 6.26 Å². The van der Waals surface area contributed by atoms with Crippen LogP contribution in [0, 0.1) is 0 Å². The Morgan fingerprint density at radius 2 is 1.94 bits per heavy atom. The molecule has 1 aromatic heterocycles. The molecule has 0 amide bonds. The summed E-state index contributed by atoms with van der Waals surface area (Å²) in [5.74, 6) is -0.747. The Hall–Kier alpha value is -0.540. The molecule has 0 saturated carbocycles. The molecular weight excluding hydrogens is 278 g/mol. The summed E-state index contributed by atoms with van der Waals surface area (Å²) in [6.07, 6.45) is 2.35. The van der Waals surface area contributed by atoms with Crippen LogP contribution in [0.5, 0.6) is 0 Å². The van der Waals surface area contributed by atoms with Gasteiger partial charge in [0.2, 0.25) is 0 Å². The summed E-state index contributed by atoms with van der Waals surface area (Å²) >= 11 is 0.936. The molecule has 0 unspecified atom stereocenters. The fraction of sp³-hybridized carbons (Fsp3) is 0.700. The summed E-state index contributed by atoms with van der Waals surface area (Å²) in [5.41, 5.74) is -1.39. The highest BCUT2D eigenvalue weighted by Gasteiger charge is 2.42. The van der Waals surface area contributed by atoms with E-state index in [1.807, 2.05) is 0 Å². The second-order valence-corrected chi connectivity index (χ2v) is 8.04. The first-order valence-corrected chi connectivity index (χ1v) is 8.00. The smallest absolute Gasteiger partial charge is 0.186 e. The summed E-state index contributed by atoms with van der Waals surface area (Å²) in [5, 5.41) is 10.6. The van der Waals surface area contributed by atoms with Gasteiger partial charge in [-0.25, -0.2) is 13.4 Å². The van der Waals surface area contributed by atoms with Crippen molar-refractivity contribution in [2.24, 2.45) is 0 Å². The van der Waals surface area contributed by atoms with E-state index in [2.05, 4.69) is 4.98 Å². The van der Waals surface area contributed by atoms with Crippen molar-refractivity contribution < 1.29 is 23.0 Å². The first-order valence-electron chi connectivity index (χ1n) is 5.29. The molecule has 8 heteroatoms. The molecule has 1 aromatic rings. The Kier molecular flexibility index (Phi) is 3.27. The van der Waals surface area contributed by atoms with Crippen LogP contribution in [0.1, 0.15) is 18.9 Å². The van der Waals surface area contributed by atoms with E-state index in [0.29, 0.717) is 5.01 Å². The second kappa shape index (κ2) is 4.24. The van der Waals surface area contributed by atoms with Crippen LogP contribution >= 0.6 is 11.3 Å². The van der Waals surface area contributed by atoms with E-state index in [9.17, 15) is 13.5 Å². The molecule has 102 valence electrons. The van der Waals surface area contributed by atoms with E-state index in [1.165, 1.54) is 6.20 Å². The molecule has 1 fully saturated rings. The van der Waals surface area contributed by atoms with Gasteiger partial charge in [0.05, 0.1) is 19.4 Å². The van der Waals surface area contributed by atoms with Gasteiger partial charge in [-0.1, -0.05) is 0 Å². The van der Waals surface area contributed by atoms with Crippen molar-refractivity contribution in [3.63, 3.8) is 0 Å². The maximum Gasteiger partial charge on any atom is 0.186 e. The summed E-state index contributed by atoms with van der Waals surface area (Å²) in [7, 11) is -3.31. The fourth-order valence-electron chi connectivity index (χ4n) is 1.44. The fourth-order valence-corrected chi connectivity index (χ4v) is 3.23. The van der Waals surface area contributed by atoms with E-state index in [4.69, 9.17) is 9.47 Å². The lowest BCUT2D eigenvalue weighted by molar-refractivity contribution is -0.304. The molecule has 1 aliphatic rings. The molecule has 0 aliphatic carbocycles. The van der Waals surface area contributed by atoms with Crippen molar-refractivity contribution in [2.75, 3.05) is 19.5 Å². The topological polar surface area (TPSA) is 85.7 Å². The van der Waals surface area contributed by atoms with Crippen LogP contribution < -0.4 is 0 Å². The third-order valence-corrected chi connectivity index (χ3v) is 5.54. The molecule has 1 N–H and O–H groups in total. The molecule has 0 bridgehead atoms. The van der Waals surface area contributed by atoms with Crippen molar-refractivity contribution in [3.05, 3.63) is 11.2 Å². The van der Waals surface area contributed by atoms with E-state index in [1.54, 1.807) is 13.8 Å². The van der Waals surface area contributed by atoms with Gasteiger partial charge in [0.25, 0.3) is 0 Å². The van der Waals surface area contributed by atoms with Gasteiger partial charge < -0.3 is 14.6 Å². The number of hydrogen-bond donors (Lipinski definition) is 1. The van der Waals surface area contributed by atoms with Crippen LogP contribution in [0.4, 0.5) is 0 Å². The van der Waals surface area contributed by atoms with Crippen LogP contribution in [-0.4, -0.2) is 43.8 Å².